The number of esters is 1. The first-order chi connectivity index (χ1) is 21.8. The van der Waals surface area contributed by atoms with Gasteiger partial charge in [-0.05, 0) is 81.1 Å². The predicted molar refractivity (Wildman–Crippen MR) is 175 cm³/mol. The zero-order valence-electron chi connectivity index (χ0n) is 27.9. The van der Waals surface area contributed by atoms with E-state index in [1.807, 2.05) is 49.4 Å². The normalized spacial score (nSPS) is 21.3. The molecule has 0 spiro atoms. The van der Waals surface area contributed by atoms with Gasteiger partial charge in [-0.15, -0.1) is 0 Å². The minimum absolute atomic E-state index is 0.0195. The standard InChI is InChI=1S/C35H42F2O8S2/c1-22(2)32-33(6,7)21-43-34(8,45-32)26-14-16-28(17-15-26)46(27-12-10-9-11-13-27)29-18-23(3)31(24(4)19-29)44-30(38)20-42-25(5)35(36,37)47(39,40)41/h9-19,22,25,32H,20-21H2,1-8H3/p+1. The third-order valence-corrected chi connectivity index (χ3v) is 11.4. The molecule has 8 nitrogen and oxygen atoms in total. The average Bonchev–Trinajstić information content (AvgIpc) is 2.99. The summed E-state index contributed by atoms with van der Waals surface area (Å²) in [4.78, 5) is 15.6. The van der Waals surface area contributed by atoms with E-state index in [0.29, 0.717) is 23.7 Å². The summed E-state index contributed by atoms with van der Waals surface area (Å²) in [5.74, 6) is -1.33. The van der Waals surface area contributed by atoms with Crippen LogP contribution in [0.15, 0.2) is 81.4 Å². The van der Waals surface area contributed by atoms with Crippen molar-refractivity contribution in [1.82, 2.24) is 0 Å². The van der Waals surface area contributed by atoms with Crippen LogP contribution in [0.25, 0.3) is 0 Å². The Bertz CT molecular complexity index is 1650. The number of benzene rings is 3. The van der Waals surface area contributed by atoms with Crippen LogP contribution in [0.1, 0.15) is 58.2 Å². The lowest BCUT2D eigenvalue weighted by Crippen LogP contribution is -2.52. The molecule has 1 heterocycles. The molecule has 0 amide bonds. The highest BCUT2D eigenvalue weighted by atomic mass is 32.2. The molecule has 1 fully saturated rings. The zero-order chi connectivity index (χ0) is 34.9. The molecule has 0 radical (unpaired) electrons. The third-order valence-electron chi connectivity index (χ3n) is 8.19. The fourth-order valence-electron chi connectivity index (χ4n) is 5.72. The van der Waals surface area contributed by atoms with Gasteiger partial charge in [0, 0.05) is 23.1 Å². The summed E-state index contributed by atoms with van der Waals surface area (Å²) in [5.41, 5.74) is 2.06. The van der Waals surface area contributed by atoms with Crippen LogP contribution in [0.3, 0.4) is 0 Å². The smallest absolute Gasteiger partial charge is 0.394 e. The maximum absolute atomic E-state index is 13.8. The maximum Gasteiger partial charge on any atom is 0.394 e. The van der Waals surface area contributed by atoms with Crippen LogP contribution < -0.4 is 4.74 Å². The van der Waals surface area contributed by atoms with Crippen molar-refractivity contribution in [3.8, 4) is 5.75 Å². The first kappa shape index (κ1) is 37.0. The van der Waals surface area contributed by atoms with Crippen molar-refractivity contribution in [2.24, 2.45) is 11.3 Å². The lowest BCUT2D eigenvalue weighted by Gasteiger charge is -2.49. The predicted octanol–water partition coefficient (Wildman–Crippen LogP) is 7.46. The molecule has 12 heteroatoms. The number of hydrogen-bond acceptors (Lipinski definition) is 7. The van der Waals surface area contributed by atoms with Gasteiger partial charge < -0.3 is 18.9 Å². The molecule has 0 aromatic heterocycles. The van der Waals surface area contributed by atoms with Gasteiger partial charge in [-0.2, -0.15) is 17.2 Å². The second kappa shape index (κ2) is 13.9. The first-order valence-corrected chi connectivity index (χ1v) is 17.9. The Morgan fingerprint density at radius 1 is 0.979 bits per heavy atom. The summed E-state index contributed by atoms with van der Waals surface area (Å²) >= 11 is 0. The number of carbonyl (C=O) groups is 1. The molecule has 3 aromatic rings. The van der Waals surface area contributed by atoms with E-state index >= 15 is 0 Å². The highest BCUT2D eigenvalue weighted by molar-refractivity contribution is 7.97. The van der Waals surface area contributed by atoms with Gasteiger partial charge >= 0.3 is 21.3 Å². The third kappa shape index (κ3) is 8.06. The monoisotopic (exact) mass is 693 g/mol. The van der Waals surface area contributed by atoms with E-state index < -0.39 is 50.7 Å². The Hall–Kier alpha value is -2.87. The number of hydrogen-bond donors (Lipinski definition) is 1. The largest absolute Gasteiger partial charge is 0.424 e. The van der Waals surface area contributed by atoms with Crippen molar-refractivity contribution in [2.45, 2.75) is 93.3 Å². The van der Waals surface area contributed by atoms with Crippen LogP contribution in [0.2, 0.25) is 0 Å². The Labute approximate surface area is 278 Å². The highest BCUT2D eigenvalue weighted by Crippen LogP contribution is 2.44. The SMILES string of the molecule is Cc1cc([S+](c2ccccc2)c2ccc(C3(C)OCC(C)(C)C(C(C)C)O3)cc2)cc(C)c1OC(=O)COC(C)C(F)(F)S(=O)(=O)O. The molecule has 0 saturated carbocycles. The van der Waals surface area contributed by atoms with E-state index in [1.165, 1.54) is 0 Å². The Morgan fingerprint density at radius 2 is 1.53 bits per heavy atom. The fourth-order valence-corrected chi connectivity index (χ4v) is 8.45. The molecule has 1 N–H and O–H groups in total. The molecule has 0 bridgehead atoms. The lowest BCUT2D eigenvalue weighted by atomic mass is 9.80. The van der Waals surface area contributed by atoms with Crippen molar-refractivity contribution >= 4 is 27.0 Å². The van der Waals surface area contributed by atoms with Crippen molar-refractivity contribution in [3.63, 3.8) is 0 Å². The fraction of sp³-hybridized carbons (Fsp3) is 0.457. The Morgan fingerprint density at radius 3 is 2.06 bits per heavy atom. The molecule has 1 aliphatic heterocycles. The highest BCUT2D eigenvalue weighted by Gasteiger charge is 2.51. The van der Waals surface area contributed by atoms with Crippen LogP contribution in [-0.4, -0.2) is 49.6 Å². The van der Waals surface area contributed by atoms with Crippen molar-refractivity contribution < 1.29 is 45.5 Å². The lowest BCUT2D eigenvalue weighted by molar-refractivity contribution is -0.337. The van der Waals surface area contributed by atoms with Gasteiger partial charge in [0.2, 0.25) is 0 Å². The summed E-state index contributed by atoms with van der Waals surface area (Å²) in [5, 5.41) is -4.59. The topological polar surface area (TPSA) is 108 Å². The van der Waals surface area contributed by atoms with Gasteiger partial charge in [-0.1, -0.05) is 45.9 Å². The summed E-state index contributed by atoms with van der Waals surface area (Å²) in [6.07, 6.45) is -2.26. The first-order valence-electron chi connectivity index (χ1n) is 15.3. The Kier molecular flexibility index (Phi) is 11.0. The van der Waals surface area contributed by atoms with Gasteiger partial charge in [0.1, 0.15) is 18.5 Å². The van der Waals surface area contributed by atoms with Crippen LogP contribution in [0.4, 0.5) is 8.78 Å². The summed E-state index contributed by atoms with van der Waals surface area (Å²) in [7, 11) is -6.27. The van der Waals surface area contributed by atoms with Gasteiger partial charge in [-0.3, -0.25) is 4.55 Å². The van der Waals surface area contributed by atoms with Gasteiger partial charge in [0.15, 0.2) is 20.5 Å². The van der Waals surface area contributed by atoms with E-state index in [1.54, 1.807) is 13.8 Å². The van der Waals surface area contributed by atoms with Crippen molar-refractivity contribution in [2.75, 3.05) is 13.2 Å². The molecular formula is C35H43F2O8S2+. The van der Waals surface area contributed by atoms with Gasteiger partial charge in [0.25, 0.3) is 0 Å². The zero-order valence-corrected chi connectivity index (χ0v) is 29.5. The number of halogens is 2. The van der Waals surface area contributed by atoms with Crippen LogP contribution in [-0.2, 0) is 45.8 Å². The van der Waals surface area contributed by atoms with Gasteiger partial charge in [-0.25, -0.2) is 4.79 Å². The molecule has 4 rings (SSSR count). The number of carbonyl (C=O) groups excluding carboxylic acids is 1. The minimum atomic E-state index is -5.72. The average molecular weight is 694 g/mol. The summed E-state index contributed by atoms with van der Waals surface area (Å²) in [6, 6.07) is 22.1. The molecule has 0 aliphatic carbocycles. The summed E-state index contributed by atoms with van der Waals surface area (Å²) < 4.78 is 81.4. The van der Waals surface area contributed by atoms with Crippen LogP contribution in [0, 0.1) is 25.2 Å². The molecule has 3 aromatic carbocycles. The van der Waals surface area contributed by atoms with E-state index in [-0.39, 0.29) is 17.3 Å². The molecule has 4 unspecified atom stereocenters. The second-order valence-electron chi connectivity index (χ2n) is 13.0. The maximum atomic E-state index is 13.8. The molecular weight excluding hydrogens is 651 g/mol. The molecule has 4 atom stereocenters. The number of rotatable bonds is 11. The van der Waals surface area contributed by atoms with Crippen LogP contribution >= 0.6 is 0 Å². The minimum Gasteiger partial charge on any atom is -0.424 e. The molecule has 1 aliphatic rings. The van der Waals surface area contributed by atoms with Crippen molar-refractivity contribution in [1.29, 1.82) is 0 Å². The quantitative estimate of drug-likeness (QED) is 0.0955. The van der Waals surface area contributed by atoms with Crippen molar-refractivity contribution in [3.05, 3.63) is 83.4 Å². The van der Waals surface area contributed by atoms with E-state index in [9.17, 15) is 22.0 Å². The van der Waals surface area contributed by atoms with Crippen LogP contribution in [0.5, 0.6) is 5.75 Å². The second-order valence-corrected chi connectivity index (χ2v) is 16.5. The van der Waals surface area contributed by atoms with E-state index in [4.69, 9.17) is 23.5 Å². The molecule has 256 valence electrons. The molecule has 47 heavy (non-hydrogen) atoms. The summed E-state index contributed by atoms with van der Waals surface area (Å²) in [6.45, 7) is 14.5. The number of alkyl halides is 2. The van der Waals surface area contributed by atoms with E-state index in [0.717, 1.165) is 27.2 Å². The Balaban J connectivity index is 1.59. The number of ether oxygens (including phenoxy) is 4. The molecule has 1 saturated heterocycles. The van der Waals surface area contributed by atoms with Gasteiger partial charge in [0.05, 0.1) is 23.6 Å². The number of aryl methyl sites for hydroxylation is 2. The van der Waals surface area contributed by atoms with E-state index in [2.05, 4.69) is 52.0 Å².